The van der Waals surface area contributed by atoms with Gasteiger partial charge in [-0.3, -0.25) is 4.79 Å². The molecule has 4 rings (SSSR count). The monoisotopic (exact) mass is 373 g/mol. The normalized spacial score (nSPS) is 12.6. The summed E-state index contributed by atoms with van der Waals surface area (Å²) < 4.78 is 11.1. The van der Waals surface area contributed by atoms with Crippen molar-refractivity contribution in [2.45, 2.75) is 20.1 Å². The third kappa shape index (κ3) is 3.93. The zero-order chi connectivity index (χ0) is 19.5. The van der Waals surface area contributed by atoms with Gasteiger partial charge in [0.2, 0.25) is 0 Å². The Morgan fingerprint density at radius 3 is 2.64 bits per heavy atom. The maximum Gasteiger partial charge on any atom is 0.491 e. The predicted molar refractivity (Wildman–Crippen MR) is 108 cm³/mol. The Bertz CT molecular complexity index is 1000. The molecule has 1 heterocycles. The molecular weight excluding hydrogens is 353 g/mol. The van der Waals surface area contributed by atoms with E-state index in [9.17, 15) is 9.82 Å². The summed E-state index contributed by atoms with van der Waals surface area (Å²) >= 11 is 0. The van der Waals surface area contributed by atoms with Gasteiger partial charge in [-0.05, 0) is 59.4 Å². The molecule has 0 aromatic heterocycles. The zero-order valence-electron chi connectivity index (χ0n) is 15.5. The molecule has 5 nitrogen and oxygen atoms in total. The van der Waals surface area contributed by atoms with Gasteiger partial charge in [0.1, 0.15) is 11.5 Å². The fraction of sp³-hybridized carbons (Fsp3) is 0.136. The average molecular weight is 373 g/mol. The van der Waals surface area contributed by atoms with Crippen LogP contribution >= 0.6 is 0 Å². The first-order chi connectivity index (χ1) is 13.6. The first-order valence-electron chi connectivity index (χ1n) is 9.13. The standard InChI is InChI=1S/C22H20BNO4/c1-15-4-2-3-5-20(15)22(25)24-13-16-6-8-18(9-7-16)28-19-10-11-21-17(12-19)14-27-23(21)26/h2-12,26H,13-14H2,1H3,(H,24,25). The second kappa shape index (κ2) is 7.88. The lowest BCUT2D eigenvalue weighted by atomic mass is 9.80. The molecule has 0 unspecified atom stereocenters. The van der Waals surface area contributed by atoms with Gasteiger partial charge in [-0.2, -0.15) is 0 Å². The summed E-state index contributed by atoms with van der Waals surface area (Å²) in [4.78, 5) is 12.3. The van der Waals surface area contributed by atoms with Crippen molar-refractivity contribution in [3.05, 3.63) is 89.0 Å². The van der Waals surface area contributed by atoms with Crippen LogP contribution in [0.1, 0.15) is 27.0 Å². The van der Waals surface area contributed by atoms with Gasteiger partial charge < -0.3 is 19.7 Å². The molecule has 3 aromatic rings. The Morgan fingerprint density at radius 1 is 1.11 bits per heavy atom. The highest BCUT2D eigenvalue weighted by Crippen LogP contribution is 2.24. The average Bonchev–Trinajstić information content (AvgIpc) is 3.08. The van der Waals surface area contributed by atoms with Crippen LogP contribution in [0.15, 0.2) is 66.7 Å². The molecule has 0 radical (unpaired) electrons. The van der Waals surface area contributed by atoms with Gasteiger partial charge in [-0.15, -0.1) is 0 Å². The number of carbonyl (C=O) groups excluding carboxylic acids is 1. The topological polar surface area (TPSA) is 67.8 Å². The summed E-state index contributed by atoms with van der Waals surface area (Å²) in [5.41, 5.74) is 4.34. The third-order valence-electron chi connectivity index (χ3n) is 4.78. The van der Waals surface area contributed by atoms with Crippen molar-refractivity contribution in [1.29, 1.82) is 0 Å². The lowest BCUT2D eigenvalue weighted by molar-refractivity contribution is 0.0950. The molecule has 0 bridgehead atoms. The number of carbonyl (C=O) groups is 1. The Labute approximate surface area is 164 Å². The molecule has 0 saturated heterocycles. The SMILES string of the molecule is Cc1ccccc1C(=O)NCc1ccc(Oc2ccc3c(c2)COB3O)cc1. The number of rotatable bonds is 5. The van der Waals surface area contributed by atoms with Crippen molar-refractivity contribution >= 4 is 18.5 Å². The van der Waals surface area contributed by atoms with Crippen molar-refractivity contribution in [3.63, 3.8) is 0 Å². The number of aryl methyl sites for hydroxylation is 1. The van der Waals surface area contributed by atoms with Crippen molar-refractivity contribution in [3.8, 4) is 11.5 Å². The van der Waals surface area contributed by atoms with Crippen molar-refractivity contribution < 1.29 is 19.2 Å². The van der Waals surface area contributed by atoms with E-state index in [1.54, 1.807) is 0 Å². The number of hydrogen-bond acceptors (Lipinski definition) is 4. The third-order valence-corrected chi connectivity index (χ3v) is 4.78. The highest BCUT2D eigenvalue weighted by Gasteiger charge is 2.27. The van der Waals surface area contributed by atoms with Crippen LogP contribution in [0, 0.1) is 6.92 Å². The summed E-state index contributed by atoms with van der Waals surface area (Å²) in [5, 5.41) is 12.6. The molecule has 0 spiro atoms. The molecule has 1 aliphatic rings. The van der Waals surface area contributed by atoms with Gasteiger partial charge in [-0.25, -0.2) is 0 Å². The van der Waals surface area contributed by atoms with Gasteiger partial charge in [0, 0.05) is 12.1 Å². The summed E-state index contributed by atoms with van der Waals surface area (Å²) in [6.07, 6.45) is 0. The molecule has 0 atom stereocenters. The highest BCUT2D eigenvalue weighted by atomic mass is 16.5. The van der Waals surface area contributed by atoms with E-state index in [4.69, 9.17) is 9.39 Å². The summed E-state index contributed by atoms with van der Waals surface area (Å²) in [7, 11) is -0.849. The second-order valence-corrected chi connectivity index (χ2v) is 6.77. The minimum atomic E-state index is -0.849. The molecule has 1 aliphatic heterocycles. The van der Waals surface area contributed by atoms with E-state index >= 15 is 0 Å². The molecule has 0 saturated carbocycles. The van der Waals surface area contributed by atoms with Crippen LogP contribution in [0.4, 0.5) is 0 Å². The fourth-order valence-corrected chi connectivity index (χ4v) is 3.19. The lowest BCUT2D eigenvalue weighted by Crippen LogP contribution is -2.27. The quantitative estimate of drug-likeness (QED) is 0.675. The molecule has 3 aromatic carbocycles. The maximum absolute atomic E-state index is 12.3. The second-order valence-electron chi connectivity index (χ2n) is 6.77. The Kier molecular flexibility index (Phi) is 5.15. The summed E-state index contributed by atoms with van der Waals surface area (Å²) in [6, 6.07) is 20.6. The molecule has 6 heteroatoms. The van der Waals surface area contributed by atoms with Crippen LogP contribution < -0.4 is 15.5 Å². The minimum Gasteiger partial charge on any atom is -0.457 e. The van der Waals surface area contributed by atoms with Gasteiger partial charge in [-0.1, -0.05) is 36.4 Å². The smallest absolute Gasteiger partial charge is 0.457 e. The fourth-order valence-electron chi connectivity index (χ4n) is 3.19. The van der Waals surface area contributed by atoms with Gasteiger partial charge in [0.15, 0.2) is 0 Å². The van der Waals surface area contributed by atoms with Crippen LogP contribution in [0.2, 0.25) is 0 Å². The van der Waals surface area contributed by atoms with Crippen LogP contribution in [0.5, 0.6) is 11.5 Å². The lowest BCUT2D eigenvalue weighted by Gasteiger charge is -2.10. The largest absolute Gasteiger partial charge is 0.491 e. The van der Waals surface area contributed by atoms with Crippen LogP contribution in [0.25, 0.3) is 0 Å². The van der Waals surface area contributed by atoms with Crippen LogP contribution in [-0.4, -0.2) is 18.0 Å². The maximum atomic E-state index is 12.3. The molecule has 0 aliphatic carbocycles. The van der Waals surface area contributed by atoms with E-state index in [1.807, 2.05) is 73.7 Å². The molecule has 1 amide bonds. The molecule has 140 valence electrons. The Morgan fingerprint density at radius 2 is 1.86 bits per heavy atom. The highest BCUT2D eigenvalue weighted by molar-refractivity contribution is 6.61. The van der Waals surface area contributed by atoms with E-state index in [2.05, 4.69) is 5.32 Å². The number of benzene rings is 3. The van der Waals surface area contributed by atoms with E-state index in [1.165, 1.54) is 0 Å². The Balaban J connectivity index is 1.36. The number of hydrogen-bond donors (Lipinski definition) is 2. The van der Waals surface area contributed by atoms with Crippen molar-refractivity contribution in [2.24, 2.45) is 0 Å². The number of amides is 1. The first-order valence-corrected chi connectivity index (χ1v) is 9.13. The molecular formula is C22H20BNO4. The number of ether oxygens (including phenoxy) is 1. The summed E-state index contributed by atoms with van der Waals surface area (Å²) in [6.45, 7) is 2.75. The van der Waals surface area contributed by atoms with E-state index < -0.39 is 7.12 Å². The first kappa shape index (κ1) is 18.3. The van der Waals surface area contributed by atoms with Gasteiger partial charge >= 0.3 is 7.12 Å². The van der Waals surface area contributed by atoms with Crippen molar-refractivity contribution in [2.75, 3.05) is 0 Å². The minimum absolute atomic E-state index is 0.0824. The molecule has 2 N–H and O–H groups in total. The van der Waals surface area contributed by atoms with Crippen LogP contribution in [-0.2, 0) is 17.8 Å². The van der Waals surface area contributed by atoms with E-state index in [0.29, 0.717) is 30.2 Å². The molecule has 28 heavy (non-hydrogen) atoms. The number of nitrogens with one attached hydrogen (secondary N) is 1. The van der Waals surface area contributed by atoms with Crippen molar-refractivity contribution in [1.82, 2.24) is 5.32 Å². The zero-order valence-corrected chi connectivity index (χ0v) is 15.5. The van der Waals surface area contributed by atoms with Crippen LogP contribution in [0.3, 0.4) is 0 Å². The summed E-state index contributed by atoms with van der Waals surface area (Å²) in [5.74, 6) is 1.31. The van der Waals surface area contributed by atoms with Gasteiger partial charge in [0.25, 0.3) is 5.91 Å². The Hall–Kier alpha value is -3.09. The number of fused-ring (bicyclic) bond motifs is 1. The van der Waals surface area contributed by atoms with E-state index in [-0.39, 0.29) is 5.91 Å². The van der Waals surface area contributed by atoms with Gasteiger partial charge in [0.05, 0.1) is 6.61 Å². The predicted octanol–water partition coefficient (Wildman–Crippen LogP) is 2.94. The van der Waals surface area contributed by atoms with E-state index in [0.717, 1.165) is 22.2 Å². The molecule has 0 fully saturated rings.